The molecule has 0 aliphatic carbocycles. The lowest BCUT2D eigenvalue weighted by Crippen LogP contribution is -2.23. The van der Waals surface area contributed by atoms with E-state index < -0.39 is 17.3 Å². The molecule has 34 heavy (non-hydrogen) atoms. The molecule has 1 aliphatic rings. The van der Waals surface area contributed by atoms with Gasteiger partial charge in [0.25, 0.3) is 0 Å². The number of carbonyl (C=O) groups excluding carboxylic acids is 1. The van der Waals surface area contributed by atoms with Gasteiger partial charge >= 0.3 is 5.97 Å². The Morgan fingerprint density at radius 3 is 2.50 bits per heavy atom. The maximum absolute atomic E-state index is 13.4. The summed E-state index contributed by atoms with van der Waals surface area (Å²) in [6.45, 7) is 3.83. The molecule has 0 saturated heterocycles. The molecule has 2 N–H and O–H groups in total. The van der Waals surface area contributed by atoms with Gasteiger partial charge in [-0.1, -0.05) is 30.3 Å². The number of esters is 1. The average molecular weight is 458 g/mol. The van der Waals surface area contributed by atoms with Crippen LogP contribution in [0.2, 0.25) is 0 Å². The molecule has 7 heteroatoms. The summed E-state index contributed by atoms with van der Waals surface area (Å²) in [6, 6.07) is 14.8. The Balaban J connectivity index is 1.76. The van der Waals surface area contributed by atoms with E-state index in [0.29, 0.717) is 16.9 Å². The number of hydrogen-bond acceptors (Lipinski definition) is 7. The highest BCUT2D eigenvalue weighted by Crippen LogP contribution is 2.47. The molecule has 0 bridgehead atoms. The number of hydrogen-bond donors (Lipinski definition) is 2. The maximum Gasteiger partial charge on any atom is 0.312 e. The lowest BCUT2D eigenvalue weighted by Gasteiger charge is -2.27. The highest BCUT2D eigenvalue weighted by Gasteiger charge is 2.35. The largest absolute Gasteiger partial charge is 0.508 e. The Hall–Kier alpha value is -4.26. The fourth-order valence-electron chi connectivity index (χ4n) is 4.37. The molecule has 4 aromatic rings. The second-order valence-electron chi connectivity index (χ2n) is 8.47. The number of carbonyl (C=O) groups is 1. The van der Waals surface area contributed by atoms with Gasteiger partial charge in [-0.05, 0) is 37.6 Å². The molecule has 3 aromatic carbocycles. The fraction of sp³-hybridized carbons (Fsp3) is 0.185. The number of phenolic OH excluding ortho intramolecular Hbond substituents is 2. The van der Waals surface area contributed by atoms with Crippen molar-refractivity contribution >= 4 is 16.9 Å². The van der Waals surface area contributed by atoms with Crippen molar-refractivity contribution in [3.63, 3.8) is 0 Å². The second kappa shape index (κ2) is 8.26. The topological polar surface area (TPSA) is 106 Å². The average Bonchev–Trinajstić information content (AvgIpc) is 2.79. The van der Waals surface area contributed by atoms with Crippen molar-refractivity contribution in [3.05, 3.63) is 82.2 Å². The first kappa shape index (κ1) is 21.6. The fourth-order valence-corrected chi connectivity index (χ4v) is 4.37. The van der Waals surface area contributed by atoms with Crippen LogP contribution in [0.25, 0.3) is 22.1 Å². The third-order valence-corrected chi connectivity index (χ3v) is 5.81. The molecule has 1 aromatic heterocycles. The van der Waals surface area contributed by atoms with E-state index in [1.165, 1.54) is 24.5 Å². The van der Waals surface area contributed by atoms with Crippen LogP contribution in [-0.4, -0.2) is 22.3 Å². The summed E-state index contributed by atoms with van der Waals surface area (Å²) >= 11 is 0. The maximum atomic E-state index is 13.4. The number of rotatable bonds is 4. The first-order chi connectivity index (χ1) is 16.3. The van der Waals surface area contributed by atoms with Gasteiger partial charge in [-0.3, -0.25) is 9.59 Å². The van der Waals surface area contributed by atoms with Crippen LogP contribution in [0.15, 0.2) is 70.1 Å². The van der Waals surface area contributed by atoms with E-state index in [1.54, 1.807) is 12.1 Å². The quantitative estimate of drug-likeness (QED) is 0.324. The molecule has 0 saturated carbocycles. The minimum absolute atomic E-state index is 0.00506. The van der Waals surface area contributed by atoms with Crippen LogP contribution in [0.5, 0.6) is 23.0 Å². The predicted molar refractivity (Wildman–Crippen MR) is 126 cm³/mol. The molecule has 2 heterocycles. The number of ether oxygens (including phenoxy) is 2. The minimum atomic E-state index is -0.503. The Morgan fingerprint density at radius 1 is 1.03 bits per heavy atom. The minimum Gasteiger partial charge on any atom is -0.508 e. The molecule has 0 radical (unpaired) electrons. The van der Waals surface area contributed by atoms with Crippen LogP contribution in [0, 0.1) is 0 Å². The zero-order chi connectivity index (χ0) is 24.0. The first-order valence-corrected chi connectivity index (χ1v) is 10.9. The summed E-state index contributed by atoms with van der Waals surface area (Å²) < 4.78 is 17.4. The van der Waals surface area contributed by atoms with Crippen LogP contribution < -0.4 is 14.9 Å². The standard InChI is InChI=1S/C27H22O7/c1-14(2)33-21-6-4-3-5-17(21)18-11-23(30)34-22-12-20(29)25-26(31)19(13-32-27(25)24(18)22)15-7-9-16(28)10-8-15/h3-10,12-14,18,28-29H,11H2,1-2H3/t18-/m1/s1. The number of fused-ring (bicyclic) bond motifs is 3. The molecule has 7 nitrogen and oxygen atoms in total. The molecule has 0 amide bonds. The van der Waals surface area contributed by atoms with Crippen molar-refractivity contribution in [1.82, 2.24) is 0 Å². The van der Waals surface area contributed by atoms with Crippen molar-refractivity contribution < 1.29 is 28.9 Å². The second-order valence-corrected chi connectivity index (χ2v) is 8.47. The molecule has 1 aliphatic heterocycles. The van der Waals surface area contributed by atoms with E-state index in [1.807, 2.05) is 38.1 Å². The summed E-state index contributed by atoms with van der Waals surface area (Å²) in [7, 11) is 0. The summed E-state index contributed by atoms with van der Waals surface area (Å²) in [5.74, 6) is -0.477. The van der Waals surface area contributed by atoms with E-state index >= 15 is 0 Å². The zero-order valence-corrected chi connectivity index (χ0v) is 18.6. The van der Waals surface area contributed by atoms with Crippen LogP contribution in [0.4, 0.5) is 0 Å². The summed E-state index contributed by atoms with van der Waals surface area (Å²) in [4.78, 5) is 25.9. The Labute approximate surface area is 194 Å². The van der Waals surface area contributed by atoms with Crippen molar-refractivity contribution in [3.8, 4) is 34.1 Å². The van der Waals surface area contributed by atoms with Crippen LogP contribution in [-0.2, 0) is 4.79 Å². The van der Waals surface area contributed by atoms with Gasteiger partial charge in [0.1, 0.15) is 40.2 Å². The van der Waals surface area contributed by atoms with Crippen molar-refractivity contribution in [2.24, 2.45) is 0 Å². The molecular weight excluding hydrogens is 436 g/mol. The first-order valence-electron chi connectivity index (χ1n) is 10.9. The van der Waals surface area contributed by atoms with E-state index in [9.17, 15) is 19.8 Å². The summed E-state index contributed by atoms with van der Waals surface area (Å²) in [5.41, 5.74) is 1.74. The Kier molecular flexibility index (Phi) is 5.24. The number of benzene rings is 3. The third kappa shape index (κ3) is 3.65. The Morgan fingerprint density at radius 2 is 1.76 bits per heavy atom. The third-order valence-electron chi connectivity index (χ3n) is 5.81. The summed E-state index contributed by atoms with van der Waals surface area (Å²) in [6.07, 6.45) is 1.26. The normalized spacial score (nSPS) is 15.3. The monoisotopic (exact) mass is 458 g/mol. The number of para-hydroxylation sites is 1. The van der Waals surface area contributed by atoms with Crippen LogP contribution in [0.3, 0.4) is 0 Å². The van der Waals surface area contributed by atoms with Crippen molar-refractivity contribution in [2.45, 2.75) is 32.3 Å². The molecule has 0 fully saturated rings. The summed E-state index contributed by atoms with van der Waals surface area (Å²) in [5, 5.41) is 20.3. The predicted octanol–water partition coefficient (Wildman–Crippen LogP) is 5.10. The van der Waals surface area contributed by atoms with Gasteiger partial charge in [0.15, 0.2) is 0 Å². The van der Waals surface area contributed by atoms with Gasteiger partial charge in [0, 0.05) is 23.1 Å². The molecule has 172 valence electrons. The van der Waals surface area contributed by atoms with Gasteiger partial charge in [0.05, 0.1) is 18.1 Å². The van der Waals surface area contributed by atoms with E-state index in [-0.39, 0.29) is 46.3 Å². The highest BCUT2D eigenvalue weighted by atomic mass is 16.5. The molecule has 1 atom stereocenters. The van der Waals surface area contributed by atoms with Gasteiger partial charge in [-0.2, -0.15) is 0 Å². The molecular formula is C27H22O7. The smallest absolute Gasteiger partial charge is 0.312 e. The van der Waals surface area contributed by atoms with Crippen molar-refractivity contribution in [2.75, 3.05) is 0 Å². The lowest BCUT2D eigenvalue weighted by molar-refractivity contribution is -0.135. The SMILES string of the molecule is CC(C)Oc1ccccc1[C@H]1CC(=O)Oc2cc(O)c3c(=O)c(-c4ccc(O)cc4)coc3c21. The van der Waals surface area contributed by atoms with Gasteiger partial charge < -0.3 is 24.1 Å². The van der Waals surface area contributed by atoms with E-state index in [2.05, 4.69) is 0 Å². The van der Waals surface area contributed by atoms with Gasteiger partial charge in [-0.15, -0.1) is 0 Å². The van der Waals surface area contributed by atoms with Gasteiger partial charge in [0.2, 0.25) is 5.43 Å². The van der Waals surface area contributed by atoms with E-state index in [0.717, 1.165) is 5.56 Å². The van der Waals surface area contributed by atoms with Crippen molar-refractivity contribution in [1.29, 1.82) is 0 Å². The highest BCUT2D eigenvalue weighted by molar-refractivity contribution is 5.94. The number of phenols is 2. The molecule has 0 spiro atoms. The molecule has 0 unspecified atom stereocenters. The Bertz CT molecular complexity index is 1470. The zero-order valence-electron chi connectivity index (χ0n) is 18.6. The van der Waals surface area contributed by atoms with Crippen LogP contribution >= 0.6 is 0 Å². The number of aromatic hydroxyl groups is 2. The van der Waals surface area contributed by atoms with Crippen LogP contribution in [0.1, 0.15) is 37.3 Å². The lowest BCUT2D eigenvalue weighted by atomic mass is 9.84. The van der Waals surface area contributed by atoms with Gasteiger partial charge in [-0.25, -0.2) is 0 Å². The van der Waals surface area contributed by atoms with E-state index in [4.69, 9.17) is 13.9 Å². The molecule has 5 rings (SSSR count).